The molecule has 1 N–H and O–H groups in total. The molecule has 0 spiro atoms. The number of likely N-dealkylation sites (N-methyl/N-ethyl adjacent to an activating group) is 1. The number of hydrogen-bond donors (Lipinski definition) is 1. The summed E-state index contributed by atoms with van der Waals surface area (Å²) in [6.45, 7) is 5.87. The third kappa shape index (κ3) is 2.25. The molecule has 0 aromatic rings. The summed E-state index contributed by atoms with van der Waals surface area (Å²) in [5.74, 6) is 0. The second kappa shape index (κ2) is 3.91. The zero-order valence-electron chi connectivity index (χ0n) is 6.93. The van der Waals surface area contributed by atoms with Crippen LogP contribution in [0.25, 0.3) is 0 Å². The number of nitrogens with one attached hydrogen (secondary N) is 1. The van der Waals surface area contributed by atoms with Crippen LogP contribution in [0.2, 0.25) is 0 Å². The Morgan fingerprint density at radius 3 is 2.30 bits per heavy atom. The fourth-order valence-corrected chi connectivity index (χ4v) is 1.23. The second-order valence-electron chi connectivity index (χ2n) is 2.93. The Balaban J connectivity index is 2.13. The highest BCUT2D eigenvalue weighted by Crippen LogP contribution is 1.95. The average molecular weight is 143 g/mol. The first kappa shape index (κ1) is 7.98. The lowest BCUT2D eigenvalue weighted by molar-refractivity contribution is 0.148. The van der Waals surface area contributed by atoms with Crippen LogP contribution in [-0.4, -0.2) is 56.7 Å². The molecule has 0 aromatic heterocycles. The highest BCUT2D eigenvalue weighted by atomic mass is 15.3. The van der Waals surface area contributed by atoms with E-state index in [1.165, 1.54) is 26.2 Å². The van der Waals surface area contributed by atoms with Crippen molar-refractivity contribution in [1.82, 2.24) is 15.1 Å². The van der Waals surface area contributed by atoms with Crippen LogP contribution in [0.4, 0.5) is 0 Å². The van der Waals surface area contributed by atoms with Crippen LogP contribution >= 0.6 is 0 Å². The van der Waals surface area contributed by atoms with Crippen molar-refractivity contribution >= 4 is 0 Å². The fourth-order valence-electron chi connectivity index (χ4n) is 1.23. The molecule has 3 nitrogen and oxygen atoms in total. The first-order valence-electron chi connectivity index (χ1n) is 3.88. The minimum absolute atomic E-state index is 1.04. The molecule has 0 atom stereocenters. The highest BCUT2D eigenvalue weighted by molar-refractivity contribution is 4.67. The van der Waals surface area contributed by atoms with Crippen molar-refractivity contribution < 1.29 is 0 Å². The monoisotopic (exact) mass is 143 g/mol. The van der Waals surface area contributed by atoms with Crippen molar-refractivity contribution in [3.63, 3.8) is 0 Å². The summed E-state index contributed by atoms with van der Waals surface area (Å²) in [5.41, 5.74) is 0. The van der Waals surface area contributed by atoms with E-state index >= 15 is 0 Å². The normalized spacial score (nSPS) is 23.4. The molecule has 0 radical (unpaired) electrons. The lowest BCUT2D eigenvalue weighted by Gasteiger charge is -2.31. The van der Waals surface area contributed by atoms with E-state index < -0.39 is 0 Å². The maximum Gasteiger partial charge on any atom is 0.0479 e. The lowest BCUT2D eigenvalue weighted by atomic mass is 10.3. The molecular weight excluding hydrogens is 126 g/mol. The maximum atomic E-state index is 3.16. The summed E-state index contributed by atoms with van der Waals surface area (Å²) in [4.78, 5) is 4.80. The molecule has 0 aromatic carbocycles. The molecule has 1 aliphatic heterocycles. The molecule has 1 heterocycles. The van der Waals surface area contributed by atoms with Gasteiger partial charge in [-0.15, -0.1) is 0 Å². The smallest absolute Gasteiger partial charge is 0.0479 e. The Hall–Kier alpha value is -0.120. The highest BCUT2D eigenvalue weighted by Gasteiger charge is 2.11. The van der Waals surface area contributed by atoms with Gasteiger partial charge in [0.1, 0.15) is 0 Å². The van der Waals surface area contributed by atoms with Gasteiger partial charge in [0, 0.05) is 32.8 Å². The minimum Gasteiger partial charge on any atom is -0.307 e. The van der Waals surface area contributed by atoms with E-state index in [1.54, 1.807) is 0 Å². The second-order valence-corrected chi connectivity index (χ2v) is 2.93. The molecule has 3 heteroatoms. The minimum atomic E-state index is 1.04. The van der Waals surface area contributed by atoms with Crippen molar-refractivity contribution in [1.29, 1.82) is 0 Å². The molecule has 0 bridgehead atoms. The van der Waals surface area contributed by atoms with Gasteiger partial charge < -0.3 is 10.2 Å². The topological polar surface area (TPSA) is 18.5 Å². The van der Waals surface area contributed by atoms with Gasteiger partial charge in [-0.1, -0.05) is 0 Å². The van der Waals surface area contributed by atoms with Gasteiger partial charge in [-0.2, -0.15) is 0 Å². The van der Waals surface area contributed by atoms with Gasteiger partial charge in [-0.05, 0) is 14.1 Å². The van der Waals surface area contributed by atoms with Crippen LogP contribution in [0, 0.1) is 0 Å². The Kier molecular flexibility index (Phi) is 3.12. The molecule has 0 unspecified atom stereocenters. The Morgan fingerprint density at radius 2 is 1.80 bits per heavy atom. The van der Waals surface area contributed by atoms with Gasteiger partial charge in [-0.25, -0.2) is 0 Å². The van der Waals surface area contributed by atoms with E-state index in [-0.39, 0.29) is 0 Å². The predicted octanol–water partition coefficient (Wildman–Crippen LogP) is -0.589. The van der Waals surface area contributed by atoms with Crippen molar-refractivity contribution in [3.8, 4) is 0 Å². The molecule has 0 amide bonds. The van der Waals surface area contributed by atoms with Crippen molar-refractivity contribution in [3.05, 3.63) is 0 Å². The largest absolute Gasteiger partial charge is 0.307 e. The molecule has 1 fully saturated rings. The fraction of sp³-hybridized carbons (Fsp3) is 1.00. The van der Waals surface area contributed by atoms with Crippen LogP contribution in [0.5, 0.6) is 0 Å². The maximum absolute atomic E-state index is 3.16. The van der Waals surface area contributed by atoms with Crippen molar-refractivity contribution in [2.75, 3.05) is 46.9 Å². The summed E-state index contributed by atoms with van der Waals surface area (Å²) in [6, 6.07) is 0. The van der Waals surface area contributed by atoms with Crippen LogP contribution < -0.4 is 5.32 Å². The number of hydrogen-bond acceptors (Lipinski definition) is 3. The summed E-state index contributed by atoms with van der Waals surface area (Å²) in [7, 11) is 4.18. The number of nitrogens with zero attached hydrogens (tertiary/aromatic N) is 2. The van der Waals surface area contributed by atoms with Gasteiger partial charge in [0.25, 0.3) is 0 Å². The van der Waals surface area contributed by atoms with Crippen LogP contribution in [-0.2, 0) is 0 Å². The SMILES string of the molecule is CNCN1CCN(C)CC1. The molecule has 0 aliphatic carbocycles. The standard InChI is InChI=1S/C7H17N3/c1-8-7-10-5-3-9(2)4-6-10/h8H,3-7H2,1-2H3. The first-order valence-corrected chi connectivity index (χ1v) is 3.88. The number of piperazine rings is 1. The molecule has 1 rings (SSSR count). The molecule has 1 saturated heterocycles. The third-order valence-corrected chi connectivity index (χ3v) is 1.98. The third-order valence-electron chi connectivity index (χ3n) is 1.98. The predicted molar refractivity (Wildman–Crippen MR) is 43.0 cm³/mol. The van der Waals surface area contributed by atoms with Gasteiger partial charge in [0.15, 0.2) is 0 Å². The molecular formula is C7H17N3. The Bertz CT molecular complexity index is 86.9. The van der Waals surface area contributed by atoms with Gasteiger partial charge in [0.05, 0.1) is 0 Å². The zero-order valence-corrected chi connectivity index (χ0v) is 6.93. The van der Waals surface area contributed by atoms with Gasteiger partial charge in [0.2, 0.25) is 0 Å². The van der Waals surface area contributed by atoms with Crippen LogP contribution in [0.1, 0.15) is 0 Å². The zero-order chi connectivity index (χ0) is 7.40. The summed E-state index contributed by atoms with van der Waals surface area (Å²) in [5, 5.41) is 3.16. The van der Waals surface area contributed by atoms with E-state index in [0.29, 0.717) is 0 Å². The van der Waals surface area contributed by atoms with Crippen LogP contribution in [0.15, 0.2) is 0 Å². The van der Waals surface area contributed by atoms with Crippen LogP contribution in [0.3, 0.4) is 0 Å². The lowest BCUT2D eigenvalue weighted by Crippen LogP contribution is -2.47. The van der Waals surface area contributed by atoms with E-state index in [4.69, 9.17) is 0 Å². The van der Waals surface area contributed by atoms with E-state index in [1.807, 2.05) is 7.05 Å². The average Bonchev–Trinajstić information content (AvgIpc) is 1.95. The summed E-state index contributed by atoms with van der Waals surface area (Å²) < 4.78 is 0. The van der Waals surface area contributed by atoms with E-state index in [0.717, 1.165) is 6.67 Å². The van der Waals surface area contributed by atoms with E-state index in [2.05, 4.69) is 22.2 Å². The van der Waals surface area contributed by atoms with E-state index in [9.17, 15) is 0 Å². The Labute approximate surface area is 63.0 Å². The summed E-state index contributed by atoms with van der Waals surface area (Å²) in [6.07, 6.45) is 0. The molecule has 10 heavy (non-hydrogen) atoms. The molecule has 0 saturated carbocycles. The number of rotatable bonds is 2. The summed E-state index contributed by atoms with van der Waals surface area (Å²) >= 11 is 0. The first-order chi connectivity index (χ1) is 4.83. The van der Waals surface area contributed by atoms with Gasteiger partial charge >= 0.3 is 0 Å². The van der Waals surface area contributed by atoms with Gasteiger partial charge in [-0.3, -0.25) is 4.90 Å². The Morgan fingerprint density at radius 1 is 1.20 bits per heavy atom. The quantitative estimate of drug-likeness (QED) is 0.557. The van der Waals surface area contributed by atoms with Crippen molar-refractivity contribution in [2.24, 2.45) is 0 Å². The molecule has 60 valence electrons. The van der Waals surface area contributed by atoms with Crippen molar-refractivity contribution in [2.45, 2.75) is 0 Å². The molecule has 1 aliphatic rings.